The van der Waals surface area contributed by atoms with Gasteiger partial charge in [-0.2, -0.15) is 0 Å². The molecule has 2 rings (SSSR count). The molecule has 1 saturated carbocycles. The highest BCUT2D eigenvalue weighted by molar-refractivity contribution is 6.05. The van der Waals surface area contributed by atoms with Crippen molar-refractivity contribution in [1.29, 1.82) is 0 Å². The fourth-order valence-electron chi connectivity index (χ4n) is 3.40. The first-order valence-electron chi connectivity index (χ1n) is 8.92. The number of nitrogens with zero attached hydrogens (tertiary/aromatic N) is 2. The SMILES string of the molecule is COc1cc(C(C)(F)F)c(C(=O)N(C)C(=O)N(C)C2CCCCC2)cc1O. The van der Waals surface area contributed by atoms with Gasteiger partial charge in [0.05, 0.1) is 12.7 Å². The summed E-state index contributed by atoms with van der Waals surface area (Å²) in [7, 11) is 4.09. The number of phenols is 1. The van der Waals surface area contributed by atoms with E-state index in [0.29, 0.717) is 6.92 Å². The van der Waals surface area contributed by atoms with Gasteiger partial charge >= 0.3 is 6.03 Å². The van der Waals surface area contributed by atoms with Gasteiger partial charge in [-0.25, -0.2) is 13.6 Å². The molecule has 0 spiro atoms. The number of benzene rings is 1. The molecule has 0 radical (unpaired) electrons. The molecule has 27 heavy (non-hydrogen) atoms. The highest BCUT2D eigenvalue weighted by atomic mass is 19.3. The molecule has 6 nitrogen and oxygen atoms in total. The number of hydrogen-bond donors (Lipinski definition) is 1. The van der Waals surface area contributed by atoms with Gasteiger partial charge in [-0.1, -0.05) is 19.3 Å². The third-order valence-electron chi connectivity index (χ3n) is 5.04. The first-order valence-corrected chi connectivity index (χ1v) is 8.92. The molecule has 1 N–H and O–H groups in total. The van der Waals surface area contributed by atoms with E-state index in [-0.39, 0.29) is 11.8 Å². The quantitative estimate of drug-likeness (QED) is 0.853. The van der Waals surface area contributed by atoms with Crippen LogP contribution in [-0.2, 0) is 5.92 Å². The van der Waals surface area contributed by atoms with Crippen molar-refractivity contribution >= 4 is 11.9 Å². The predicted molar refractivity (Wildman–Crippen MR) is 96.4 cm³/mol. The van der Waals surface area contributed by atoms with Gasteiger partial charge in [-0.05, 0) is 25.0 Å². The Hall–Kier alpha value is -2.38. The van der Waals surface area contributed by atoms with Gasteiger partial charge in [0.1, 0.15) is 0 Å². The Labute approximate surface area is 157 Å². The Morgan fingerprint density at radius 3 is 2.30 bits per heavy atom. The molecule has 1 aliphatic carbocycles. The maximum Gasteiger partial charge on any atom is 0.326 e. The summed E-state index contributed by atoms with van der Waals surface area (Å²) >= 11 is 0. The lowest BCUT2D eigenvalue weighted by Gasteiger charge is -2.33. The van der Waals surface area contributed by atoms with Crippen molar-refractivity contribution in [3.05, 3.63) is 23.3 Å². The maximum atomic E-state index is 14.0. The largest absolute Gasteiger partial charge is 0.504 e. The monoisotopic (exact) mass is 384 g/mol. The highest BCUT2D eigenvalue weighted by Gasteiger charge is 2.35. The fourth-order valence-corrected chi connectivity index (χ4v) is 3.40. The summed E-state index contributed by atoms with van der Waals surface area (Å²) in [6, 6.07) is 1.30. The molecule has 0 heterocycles. The zero-order valence-electron chi connectivity index (χ0n) is 16.1. The first-order chi connectivity index (χ1) is 12.6. The Morgan fingerprint density at radius 2 is 1.78 bits per heavy atom. The van der Waals surface area contributed by atoms with Crippen LogP contribution in [0, 0.1) is 0 Å². The smallest absolute Gasteiger partial charge is 0.326 e. The molecule has 0 saturated heterocycles. The molecule has 1 aromatic rings. The Kier molecular flexibility index (Phi) is 6.28. The lowest BCUT2D eigenvalue weighted by atomic mass is 9.94. The van der Waals surface area contributed by atoms with Gasteiger partial charge in [-0.15, -0.1) is 0 Å². The van der Waals surface area contributed by atoms with E-state index >= 15 is 0 Å². The third kappa shape index (κ3) is 4.48. The number of ether oxygens (including phenoxy) is 1. The zero-order valence-corrected chi connectivity index (χ0v) is 16.1. The van der Waals surface area contributed by atoms with E-state index in [2.05, 4.69) is 0 Å². The molecular weight excluding hydrogens is 358 g/mol. The van der Waals surface area contributed by atoms with Gasteiger partial charge in [0.25, 0.3) is 11.8 Å². The van der Waals surface area contributed by atoms with Crippen molar-refractivity contribution in [2.45, 2.75) is 51.0 Å². The Morgan fingerprint density at radius 1 is 1.19 bits per heavy atom. The average molecular weight is 384 g/mol. The standard InChI is InChI=1S/C19H26F2N2O4/c1-19(20,21)14-11-16(27-4)15(24)10-13(14)17(25)23(3)18(26)22(2)12-8-6-5-7-9-12/h10-12,24H,5-9H2,1-4H3. The van der Waals surface area contributed by atoms with Crippen molar-refractivity contribution in [3.8, 4) is 11.5 Å². The van der Waals surface area contributed by atoms with Gasteiger partial charge in [0, 0.05) is 32.6 Å². The van der Waals surface area contributed by atoms with Crippen molar-refractivity contribution < 1.29 is 28.2 Å². The molecule has 0 aromatic heterocycles. The number of methoxy groups -OCH3 is 1. The summed E-state index contributed by atoms with van der Waals surface area (Å²) in [6.07, 6.45) is 4.85. The number of aromatic hydroxyl groups is 1. The van der Waals surface area contributed by atoms with E-state index in [1.807, 2.05) is 0 Å². The molecule has 1 aromatic carbocycles. The van der Waals surface area contributed by atoms with Crippen LogP contribution in [0.5, 0.6) is 11.5 Å². The van der Waals surface area contributed by atoms with E-state index in [1.54, 1.807) is 7.05 Å². The van der Waals surface area contributed by atoms with E-state index in [1.165, 1.54) is 19.1 Å². The van der Waals surface area contributed by atoms with Crippen molar-refractivity contribution in [1.82, 2.24) is 9.80 Å². The molecule has 0 unspecified atom stereocenters. The summed E-state index contributed by atoms with van der Waals surface area (Å²) in [5, 5.41) is 9.93. The van der Waals surface area contributed by atoms with Crippen LogP contribution in [0.4, 0.5) is 13.6 Å². The second-order valence-corrected chi connectivity index (χ2v) is 7.01. The van der Waals surface area contributed by atoms with E-state index in [0.717, 1.165) is 49.1 Å². The highest BCUT2D eigenvalue weighted by Crippen LogP contribution is 2.38. The lowest BCUT2D eigenvalue weighted by molar-refractivity contribution is 0.0156. The molecule has 0 bridgehead atoms. The molecular formula is C19H26F2N2O4. The normalized spacial score (nSPS) is 15.3. The predicted octanol–water partition coefficient (Wildman–Crippen LogP) is 3.97. The lowest BCUT2D eigenvalue weighted by Crippen LogP contribution is -2.47. The fraction of sp³-hybridized carbons (Fsp3) is 0.579. The van der Waals surface area contributed by atoms with Crippen LogP contribution < -0.4 is 4.74 Å². The molecule has 150 valence electrons. The minimum absolute atomic E-state index is 0.0258. The number of amides is 3. The number of carbonyl (C=O) groups excluding carboxylic acids is 2. The van der Waals surface area contributed by atoms with Crippen LogP contribution in [0.15, 0.2) is 12.1 Å². The van der Waals surface area contributed by atoms with E-state index in [9.17, 15) is 23.5 Å². The summed E-state index contributed by atoms with van der Waals surface area (Å²) in [5.74, 6) is -4.88. The Balaban J connectivity index is 2.32. The minimum Gasteiger partial charge on any atom is -0.504 e. The van der Waals surface area contributed by atoms with Crippen LogP contribution in [0.3, 0.4) is 0 Å². The first kappa shape index (κ1) is 20.9. The summed E-state index contributed by atoms with van der Waals surface area (Å²) < 4.78 is 32.9. The zero-order chi connectivity index (χ0) is 20.4. The van der Waals surface area contributed by atoms with Gasteiger partial charge in [0.15, 0.2) is 11.5 Å². The number of phenolic OH excluding ortho intramolecular Hbond substituents is 1. The summed E-state index contributed by atoms with van der Waals surface area (Å²) in [6.45, 7) is 0.644. The molecule has 0 aliphatic heterocycles. The molecule has 0 atom stereocenters. The van der Waals surface area contributed by atoms with Crippen molar-refractivity contribution in [2.24, 2.45) is 0 Å². The van der Waals surface area contributed by atoms with E-state index in [4.69, 9.17) is 4.74 Å². The minimum atomic E-state index is -3.36. The van der Waals surface area contributed by atoms with Crippen LogP contribution in [0.2, 0.25) is 0 Å². The van der Waals surface area contributed by atoms with Crippen LogP contribution in [0.1, 0.15) is 54.9 Å². The number of halogens is 2. The Bertz CT molecular complexity index is 712. The van der Waals surface area contributed by atoms with Crippen LogP contribution >= 0.6 is 0 Å². The third-order valence-corrected chi connectivity index (χ3v) is 5.04. The number of urea groups is 1. The number of imide groups is 1. The summed E-state index contributed by atoms with van der Waals surface area (Å²) in [4.78, 5) is 27.8. The molecule has 1 aliphatic rings. The van der Waals surface area contributed by atoms with E-state index < -0.39 is 34.7 Å². The summed E-state index contributed by atoms with van der Waals surface area (Å²) in [5.41, 5.74) is -1.05. The van der Waals surface area contributed by atoms with Crippen molar-refractivity contribution in [3.63, 3.8) is 0 Å². The topological polar surface area (TPSA) is 70.1 Å². The number of hydrogen-bond acceptors (Lipinski definition) is 4. The van der Waals surface area contributed by atoms with Gasteiger partial charge < -0.3 is 14.7 Å². The van der Waals surface area contributed by atoms with Crippen LogP contribution in [-0.4, -0.2) is 54.1 Å². The number of carbonyl (C=O) groups is 2. The maximum absolute atomic E-state index is 14.0. The second-order valence-electron chi connectivity index (χ2n) is 7.01. The van der Waals surface area contributed by atoms with Gasteiger partial charge in [0.2, 0.25) is 0 Å². The number of alkyl halides is 2. The molecule has 3 amide bonds. The van der Waals surface area contributed by atoms with Gasteiger partial charge in [-0.3, -0.25) is 9.69 Å². The molecule has 1 fully saturated rings. The molecule has 8 heteroatoms. The second kappa shape index (κ2) is 8.10. The number of rotatable bonds is 4. The average Bonchev–Trinajstić information content (AvgIpc) is 2.65. The van der Waals surface area contributed by atoms with Crippen molar-refractivity contribution in [2.75, 3.05) is 21.2 Å². The van der Waals surface area contributed by atoms with Crippen LogP contribution in [0.25, 0.3) is 0 Å².